The quantitative estimate of drug-likeness (QED) is 0.182. The molecule has 0 N–H and O–H groups in total. The van der Waals surface area contributed by atoms with E-state index < -0.39 is 0 Å². The number of nitrogens with zero attached hydrogens (tertiary/aromatic N) is 3. The number of fused-ring (bicyclic) bond motifs is 6. The molecule has 0 unspecified atom stereocenters. The molecule has 0 aliphatic heterocycles. The highest BCUT2D eigenvalue weighted by Gasteiger charge is 2.17. The Morgan fingerprint density at radius 1 is 0.229 bits per heavy atom. The fourth-order valence-electron chi connectivity index (χ4n) is 6.79. The lowest BCUT2D eigenvalue weighted by molar-refractivity contribution is 1.07. The molecule has 0 spiro atoms. The van der Waals surface area contributed by atoms with Crippen LogP contribution in [0.25, 0.3) is 88.7 Å². The number of hydrogen-bond acceptors (Lipinski definition) is 3. The Labute approximate surface area is 278 Å². The summed E-state index contributed by atoms with van der Waals surface area (Å²) < 4.78 is 0. The number of rotatable bonds is 5. The van der Waals surface area contributed by atoms with Gasteiger partial charge in [0.1, 0.15) is 0 Å². The fourth-order valence-corrected chi connectivity index (χ4v) is 6.79. The standard InChI is InChI=1S/C45H29N3/c1-4-14-30(15-5-1)41-28-33(34-24-26-39-37-22-11-10-20-35(37)36-21-12-13-23-38(36)42(39)29-34)25-27-40(41)45-47-43(31-16-6-2-7-17-31)46-44(48-45)32-18-8-3-9-19-32/h1-29H. The monoisotopic (exact) mass is 611 g/mol. The molecule has 0 bridgehead atoms. The molecule has 3 nitrogen and oxygen atoms in total. The molecular weight excluding hydrogens is 583 g/mol. The SMILES string of the molecule is c1ccc(-c2nc(-c3ccccc3)nc(-c3ccc(-c4ccc5c6ccccc6c6ccccc6c5c4)cc3-c3ccccc3)n2)cc1. The highest BCUT2D eigenvalue weighted by molar-refractivity contribution is 6.25. The summed E-state index contributed by atoms with van der Waals surface area (Å²) in [5.74, 6) is 1.94. The molecule has 1 aromatic heterocycles. The van der Waals surface area contributed by atoms with Gasteiger partial charge in [0.2, 0.25) is 0 Å². The lowest BCUT2D eigenvalue weighted by atomic mass is 9.90. The Hall–Kier alpha value is -6.45. The van der Waals surface area contributed by atoms with Gasteiger partial charge >= 0.3 is 0 Å². The minimum atomic E-state index is 0.643. The van der Waals surface area contributed by atoms with Gasteiger partial charge in [0, 0.05) is 16.7 Å². The van der Waals surface area contributed by atoms with Crippen LogP contribution in [0, 0.1) is 0 Å². The van der Waals surface area contributed by atoms with E-state index >= 15 is 0 Å². The predicted octanol–water partition coefficient (Wildman–Crippen LogP) is 11.7. The third-order valence-corrected chi connectivity index (χ3v) is 9.12. The Kier molecular flexibility index (Phi) is 6.80. The van der Waals surface area contributed by atoms with E-state index in [-0.39, 0.29) is 0 Å². The zero-order valence-electron chi connectivity index (χ0n) is 26.1. The van der Waals surface area contributed by atoms with Crippen molar-refractivity contribution in [3.8, 4) is 56.4 Å². The largest absolute Gasteiger partial charge is 0.208 e. The molecule has 0 amide bonds. The third kappa shape index (κ3) is 4.90. The lowest BCUT2D eigenvalue weighted by Gasteiger charge is -2.15. The summed E-state index contributed by atoms with van der Waals surface area (Å²) in [5, 5.41) is 7.61. The van der Waals surface area contributed by atoms with E-state index in [0.29, 0.717) is 17.5 Å². The van der Waals surface area contributed by atoms with E-state index in [1.54, 1.807) is 0 Å². The van der Waals surface area contributed by atoms with Gasteiger partial charge in [0.15, 0.2) is 17.5 Å². The maximum Gasteiger partial charge on any atom is 0.164 e. The smallest absolute Gasteiger partial charge is 0.164 e. The Bertz CT molecular complexity index is 2500. The van der Waals surface area contributed by atoms with Crippen molar-refractivity contribution < 1.29 is 0 Å². The first-order valence-electron chi connectivity index (χ1n) is 16.2. The maximum absolute atomic E-state index is 5.07. The van der Waals surface area contributed by atoms with Gasteiger partial charge in [0.05, 0.1) is 0 Å². The van der Waals surface area contributed by atoms with Crippen molar-refractivity contribution in [3.05, 3.63) is 176 Å². The average Bonchev–Trinajstić information content (AvgIpc) is 3.18. The molecule has 0 aliphatic carbocycles. The number of hydrogen-bond donors (Lipinski definition) is 0. The van der Waals surface area contributed by atoms with Crippen molar-refractivity contribution in [2.75, 3.05) is 0 Å². The van der Waals surface area contributed by atoms with Crippen LogP contribution in [0.3, 0.4) is 0 Å². The van der Waals surface area contributed by atoms with Gasteiger partial charge < -0.3 is 0 Å². The van der Waals surface area contributed by atoms with Crippen LogP contribution in [0.15, 0.2) is 176 Å². The molecule has 224 valence electrons. The minimum Gasteiger partial charge on any atom is -0.208 e. The first kappa shape index (κ1) is 27.8. The topological polar surface area (TPSA) is 38.7 Å². The van der Waals surface area contributed by atoms with Gasteiger partial charge in [-0.15, -0.1) is 0 Å². The van der Waals surface area contributed by atoms with Gasteiger partial charge in [-0.1, -0.05) is 158 Å². The molecule has 3 heteroatoms. The Morgan fingerprint density at radius 2 is 0.625 bits per heavy atom. The molecule has 48 heavy (non-hydrogen) atoms. The predicted molar refractivity (Wildman–Crippen MR) is 200 cm³/mol. The van der Waals surface area contributed by atoms with Gasteiger partial charge in [-0.25, -0.2) is 15.0 Å². The number of aromatic nitrogens is 3. The van der Waals surface area contributed by atoms with Crippen molar-refractivity contribution in [1.29, 1.82) is 0 Å². The van der Waals surface area contributed by atoms with Crippen molar-refractivity contribution in [3.63, 3.8) is 0 Å². The van der Waals surface area contributed by atoms with E-state index in [1.165, 1.54) is 32.3 Å². The van der Waals surface area contributed by atoms with Crippen molar-refractivity contribution in [2.45, 2.75) is 0 Å². The van der Waals surface area contributed by atoms with E-state index in [0.717, 1.165) is 38.9 Å². The summed E-state index contributed by atoms with van der Waals surface area (Å²) in [6.45, 7) is 0. The normalized spacial score (nSPS) is 11.3. The molecule has 8 aromatic carbocycles. The van der Waals surface area contributed by atoms with Crippen LogP contribution < -0.4 is 0 Å². The van der Waals surface area contributed by atoms with E-state index in [2.05, 4.69) is 115 Å². The van der Waals surface area contributed by atoms with Crippen LogP contribution in [0.4, 0.5) is 0 Å². The molecule has 0 aliphatic rings. The highest BCUT2D eigenvalue weighted by Crippen LogP contribution is 2.39. The zero-order chi connectivity index (χ0) is 31.9. The van der Waals surface area contributed by atoms with E-state index in [1.807, 2.05) is 60.7 Å². The van der Waals surface area contributed by atoms with Crippen molar-refractivity contribution >= 4 is 32.3 Å². The minimum absolute atomic E-state index is 0.643. The second-order valence-corrected chi connectivity index (χ2v) is 12.0. The summed E-state index contributed by atoms with van der Waals surface area (Å²) in [6.07, 6.45) is 0. The first-order chi connectivity index (χ1) is 23.8. The van der Waals surface area contributed by atoms with Gasteiger partial charge in [-0.2, -0.15) is 0 Å². The summed E-state index contributed by atoms with van der Waals surface area (Å²) in [4.78, 5) is 15.1. The second-order valence-electron chi connectivity index (χ2n) is 12.0. The average molecular weight is 612 g/mol. The number of benzene rings is 8. The molecule has 0 saturated carbocycles. The fraction of sp³-hybridized carbons (Fsp3) is 0. The molecule has 9 rings (SSSR count). The highest BCUT2D eigenvalue weighted by atomic mass is 15.0. The summed E-state index contributed by atoms with van der Waals surface area (Å²) in [7, 11) is 0. The lowest BCUT2D eigenvalue weighted by Crippen LogP contribution is -2.01. The van der Waals surface area contributed by atoms with E-state index in [4.69, 9.17) is 15.0 Å². The summed E-state index contributed by atoms with van der Waals surface area (Å²) >= 11 is 0. The van der Waals surface area contributed by atoms with Gasteiger partial charge in [-0.05, 0) is 72.8 Å². The summed E-state index contributed by atoms with van der Waals surface area (Å²) in [6, 6.07) is 61.7. The van der Waals surface area contributed by atoms with Crippen LogP contribution >= 0.6 is 0 Å². The molecule has 1 heterocycles. The van der Waals surface area contributed by atoms with Gasteiger partial charge in [0.25, 0.3) is 0 Å². The Morgan fingerprint density at radius 3 is 1.17 bits per heavy atom. The van der Waals surface area contributed by atoms with Crippen LogP contribution in [-0.4, -0.2) is 15.0 Å². The van der Waals surface area contributed by atoms with Crippen molar-refractivity contribution in [2.24, 2.45) is 0 Å². The third-order valence-electron chi connectivity index (χ3n) is 9.12. The van der Waals surface area contributed by atoms with Crippen LogP contribution in [-0.2, 0) is 0 Å². The second kappa shape index (κ2) is 11.7. The molecular formula is C45H29N3. The molecule has 0 radical (unpaired) electrons. The Balaban J connectivity index is 1.26. The first-order valence-corrected chi connectivity index (χ1v) is 16.2. The maximum atomic E-state index is 5.07. The van der Waals surface area contributed by atoms with Crippen LogP contribution in [0.2, 0.25) is 0 Å². The molecule has 0 atom stereocenters. The summed E-state index contributed by atoms with van der Waals surface area (Å²) in [5.41, 5.74) is 7.34. The molecule has 0 saturated heterocycles. The van der Waals surface area contributed by atoms with E-state index in [9.17, 15) is 0 Å². The van der Waals surface area contributed by atoms with Crippen molar-refractivity contribution in [1.82, 2.24) is 15.0 Å². The van der Waals surface area contributed by atoms with Gasteiger partial charge in [-0.3, -0.25) is 0 Å². The molecule has 0 fully saturated rings. The molecule has 9 aromatic rings. The zero-order valence-corrected chi connectivity index (χ0v) is 26.1. The van der Waals surface area contributed by atoms with Crippen LogP contribution in [0.1, 0.15) is 0 Å². The van der Waals surface area contributed by atoms with Crippen LogP contribution in [0.5, 0.6) is 0 Å².